The van der Waals surface area contributed by atoms with Crippen molar-refractivity contribution in [3.63, 3.8) is 0 Å². The quantitative estimate of drug-likeness (QED) is 0.0931. The van der Waals surface area contributed by atoms with E-state index in [1.54, 1.807) is 50.8 Å². The highest BCUT2D eigenvalue weighted by Gasteiger charge is 2.44. The summed E-state index contributed by atoms with van der Waals surface area (Å²) in [4.78, 5) is 90.3. The van der Waals surface area contributed by atoms with Gasteiger partial charge in [0.05, 0.1) is 43.9 Å². The van der Waals surface area contributed by atoms with Gasteiger partial charge in [-0.25, -0.2) is 0 Å². The van der Waals surface area contributed by atoms with Gasteiger partial charge in [0.25, 0.3) is 23.8 Å². The number of aromatic nitrogens is 2. The van der Waals surface area contributed by atoms with E-state index in [1.165, 1.54) is 16.7 Å². The zero-order chi connectivity index (χ0) is 41.5. The molecule has 0 radical (unpaired) electrons. The molecule has 2 aromatic heterocycles. The molecule has 2 aromatic carbocycles. The van der Waals surface area contributed by atoms with Crippen molar-refractivity contribution in [1.29, 1.82) is 0 Å². The van der Waals surface area contributed by atoms with Crippen molar-refractivity contribution in [2.24, 2.45) is 13.0 Å². The van der Waals surface area contributed by atoms with Crippen LogP contribution >= 0.6 is 0 Å². The predicted octanol–water partition coefficient (Wildman–Crippen LogP) is 1.36. The summed E-state index contributed by atoms with van der Waals surface area (Å²) in [5.41, 5.74) is 2.66. The van der Waals surface area contributed by atoms with Crippen molar-refractivity contribution in [2.45, 2.75) is 25.4 Å². The van der Waals surface area contributed by atoms with Crippen molar-refractivity contribution < 1.29 is 52.8 Å². The molecule has 18 heteroatoms. The molecule has 0 aliphatic carbocycles. The lowest BCUT2D eigenvalue weighted by atomic mass is 9.99. The first-order chi connectivity index (χ1) is 28.0. The molecule has 0 spiro atoms. The third kappa shape index (κ3) is 8.52. The number of ether oxygens (including phenoxy) is 4. The van der Waals surface area contributed by atoms with Gasteiger partial charge in [0.2, 0.25) is 17.7 Å². The Labute approximate surface area is 331 Å². The van der Waals surface area contributed by atoms with Crippen LogP contribution in [0.5, 0.6) is 17.2 Å². The number of fused-ring (bicyclic) bond motifs is 2. The first-order valence-corrected chi connectivity index (χ1v) is 18.3. The average molecular weight is 799 g/mol. The third-order valence-corrected chi connectivity index (χ3v) is 10.1. The van der Waals surface area contributed by atoms with Gasteiger partial charge in [-0.2, -0.15) is 0 Å². The van der Waals surface area contributed by atoms with Crippen molar-refractivity contribution in [3.8, 4) is 28.4 Å². The van der Waals surface area contributed by atoms with E-state index < -0.39 is 29.7 Å². The molecule has 304 valence electrons. The fourth-order valence-corrected chi connectivity index (χ4v) is 7.10. The number of carbonyl (C=O) groups excluding carboxylic acids is 5. The number of rotatable bonds is 14. The van der Waals surface area contributed by atoms with Crippen molar-refractivity contribution in [2.75, 3.05) is 53.7 Å². The second kappa shape index (κ2) is 18.1. The van der Waals surface area contributed by atoms with Crippen LogP contribution in [0.3, 0.4) is 0 Å². The Morgan fingerprint density at radius 3 is 2.38 bits per heavy atom. The standard InChI is InChI=1S/C39H40N6O10.CH2O2/c1-43-19-30(25-8-9-40-15-28(25)37(43)49)23-12-32(52-2)29(33(13-23)53-3)16-41-10-11-54-21-35(47)44-17-22(18-44)20-55-24-4-5-26-27(14-24)39(51)45(38(26)50)31-6-7-34(46)42-36(31)48;2-1-3/h4-5,8-9,12-15,19,22,31,41H,6-7,10-11,16-18,20-21H2,1-3H3,(H,42,46,48);1H,(H,2,3). The molecule has 3 aliphatic heterocycles. The predicted molar refractivity (Wildman–Crippen MR) is 205 cm³/mol. The first-order valence-electron chi connectivity index (χ1n) is 18.3. The topological polar surface area (TPSA) is 225 Å². The van der Waals surface area contributed by atoms with E-state index in [-0.39, 0.29) is 54.4 Å². The first kappa shape index (κ1) is 41.0. The van der Waals surface area contributed by atoms with Gasteiger partial charge in [-0.05, 0) is 53.8 Å². The average Bonchev–Trinajstić information content (AvgIpc) is 3.44. The second-order valence-electron chi connectivity index (χ2n) is 13.7. The van der Waals surface area contributed by atoms with Crippen LogP contribution in [-0.2, 0) is 37.5 Å². The Morgan fingerprint density at radius 2 is 1.69 bits per heavy atom. The number of nitrogens with one attached hydrogen (secondary N) is 2. The molecule has 3 aliphatic rings. The zero-order valence-corrected chi connectivity index (χ0v) is 32.0. The summed E-state index contributed by atoms with van der Waals surface area (Å²) in [6.45, 7) is 2.16. The number of hydrogen-bond acceptors (Lipinski definition) is 13. The zero-order valence-electron chi connectivity index (χ0n) is 32.0. The monoisotopic (exact) mass is 798 g/mol. The van der Waals surface area contributed by atoms with Crippen LogP contribution in [0.15, 0.2) is 59.8 Å². The van der Waals surface area contributed by atoms with Gasteiger partial charge in [0.15, 0.2) is 0 Å². The molecule has 0 bridgehead atoms. The number of carboxylic acid groups (broad SMARTS) is 1. The Hall–Kier alpha value is -6.66. The molecule has 2 fully saturated rings. The molecule has 58 heavy (non-hydrogen) atoms. The van der Waals surface area contributed by atoms with Gasteiger partial charge in [-0.15, -0.1) is 0 Å². The third-order valence-electron chi connectivity index (χ3n) is 10.1. The van der Waals surface area contributed by atoms with Crippen LogP contribution in [0.2, 0.25) is 0 Å². The normalized spacial score (nSPS) is 16.3. The summed E-state index contributed by atoms with van der Waals surface area (Å²) in [6, 6.07) is 9.18. The fraction of sp³-hybridized carbons (Fsp3) is 0.350. The minimum absolute atomic E-state index is 0.0460. The number of carbonyl (C=O) groups is 6. The highest BCUT2D eigenvalue weighted by molar-refractivity contribution is 6.23. The number of benzene rings is 2. The molecule has 3 N–H and O–H groups in total. The summed E-state index contributed by atoms with van der Waals surface area (Å²) in [6.07, 6.45) is 5.14. The van der Waals surface area contributed by atoms with Crippen LogP contribution in [0.25, 0.3) is 21.9 Å². The maximum atomic E-state index is 13.1. The van der Waals surface area contributed by atoms with Crippen molar-refractivity contribution in [3.05, 3.63) is 82.0 Å². The van der Waals surface area contributed by atoms with E-state index in [2.05, 4.69) is 15.6 Å². The summed E-state index contributed by atoms with van der Waals surface area (Å²) < 4.78 is 24.6. The lowest BCUT2D eigenvalue weighted by Gasteiger charge is -2.39. The van der Waals surface area contributed by atoms with Crippen LogP contribution in [0, 0.1) is 5.92 Å². The number of imide groups is 2. The molecule has 7 rings (SSSR count). The smallest absolute Gasteiger partial charge is 0.290 e. The molecule has 5 heterocycles. The minimum atomic E-state index is -1.04. The van der Waals surface area contributed by atoms with Gasteiger partial charge in [0, 0.05) is 75.3 Å². The lowest BCUT2D eigenvalue weighted by Crippen LogP contribution is -2.54. The molecule has 2 saturated heterocycles. The lowest BCUT2D eigenvalue weighted by molar-refractivity contribution is -0.143. The fourth-order valence-electron chi connectivity index (χ4n) is 7.10. The summed E-state index contributed by atoms with van der Waals surface area (Å²) in [7, 11) is 4.88. The SMILES string of the molecule is COc1cc(-c2cn(C)c(=O)c3cnccc23)cc(OC)c1CNCCOCC(=O)N1CC(COc2ccc3c(c2)C(=O)N(C2CCC(=O)NC2=O)C3=O)C1.O=CO. The highest BCUT2D eigenvalue weighted by atomic mass is 16.5. The van der Waals surface area contributed by atoms with Gasteiger partial charge in [-0.3, -0.25) is 48.8 Å². The van der Waals surface area contributed by atoms with Gasteiger partial charge >= 0.3 is 0 Å². The van der Waals surface area contributed by atoms with Crippen LogP contribution in [-0.4, -0.2) is 120 Å². The molecule has 5 amide bonds. The van der Waals surface area contributed by atoms with Crippen molar-refractivity contribution in [1.82, 2.24) is 30.0 Å². The number of nitrogens with zero attached hydrogens (tertiary/aromatic N) is 4. The number of aryl methyl sites for hydroxylation is 1. The molecule has 18 nitrogen and oxygen atoms in total. The number of likely N-dealkylation sites (tertiary alicyclic amines) is 1. The molecular formula is C40H42N6O12. The number of hydrogen-bond donors (Lipinski definition) is 3. The molecular weight excluding hydrogens is 756 g/mol. The summed E-state index contributed by atoms with van der Waals surface area (Å²) >= 11 is 0. The Balaban J connectivity index is 0.00000183. The van der Waals surface area contributed by atoms with Gasteiger partial charge in [-0.1, -0.05) is 0 Å². The number of amides is 5. The van der Waals surface area contributed by atoms with E-state index in [1.807, 2.05) is 18.2 Å². The van der Waals surface area contributed by atoms with Crippen LogP contribution in [0.4, 0.5) is 0 Å². The Bertz CT molecular complexity index is 2300. The van der Waals surface area contributed by atoms with Crippen molar-refractivity contribution >= 4 is 46.8 Å². The molecule has 1 unspecified atom stereocenters. The highest BCUT2D eigenvalue weighted by Crippen LogP contribution is 2.37. The van der Waals surface area contributed by atoms with Crippen LogP contribution in [0.1, 0.15) is 39.1 Å². The molecule has 0 saturated carbocycles. The van der Waals surface area contributed by atoms with E-state index in [0.29, 0.717) is 62.0 Å². The number of piperidine rings is 1. The second-order valence-corrected chi connectivity index (χ2v) is 13.7. The maximum Gasteiger partial charge on any atom is 0.290 e. The Kier molecular flexibility index (Phi) is 12.8. The minimum Gasteiger partial charge on any atom is -0.496 e. The number of pyridine rings is 2. The maximum absolute atomic E-state index is 13.1. The van der Waals surface area contributed by atoms with E-state index in [4.69, 9.17) is 28.8 Å². The summed E-state index contributed by atoms with van der Waals surface area (Å²) in [5.74, 6) is -0.709. The number of methoxy groups -OCH3 is 2. The van der Waals surface area contributed by atoms with E-state index in [0.717, 1.165) is 27.0 Å². The largest absolute Gasteiger partial charge is 0.496 e. The van der Waals surface area contributed by atoms with Crippen LogP contribution < -0.4 is 30.4 Å². The molecule has 1 atom stereocenters. The van der Waals surface area contributed by atoms with E-state index in [9.17, 15) is 28.8 Å². The van der Waals surface area contributed by atoms with Gasteiger partial charge in [0.1, 0.15) is 29.9 Å². The summed E-state index contributed by atoms with van der Waals surface area (Å²) in [5, 5.41) is 13.7. The van der Waals surface area contributed by atoms with E-state index >= 15 is 0 Å². The Morgan fingerprint density at radius 1 is 0.983 bits per heavy atom. The molecule has 4 aromatic rings. The van der Waals surface area contributed by atoms with Gasteiger partial charge < -0.3 is 38.8 Å².